The maximum absolute atomic E-state index is 12.1. The number of nitrogens with one attached hydrogen (secondary N) is 1. The second kappa shape index (κ2) is 4.72. The predicted molar refractivity (Wildman–Crippen MR) is 72.0 cm³/mol. The van der Waals surface area contributed by atoms with Crippen LogP contribution in [0.25, 0.3) is 0 Å². The topological polar surface area (TPSA) is 66.4 Å². The van der Waals surface area contributed by atoms with Crippen LogP contribution in [0.15, 0.2) is 11.4 Å². The van der Waals surface area contributed by atoms with Crippen molar-refractivity contribution in [1.29, 1.82) is 0 Å². The lowest BCUT2D eigenvalue weighted by molar-refractivity contribution is -0.150. The highest BCUT2D eigenvalue weighted by atomic mass is 32.1. The summed E-state index contributed by atoms with van der Waals surface area (Å²) in [7, 11) is 0. The highest BCUT2D eigenvalue weighted by Crippen LogP contribution is 2.31. The van der Waals surface area contributed by atoms with E-state index in [0.29, 0.717) is 4.88 Å². The number of hydrogen-bond donors (Lipinski definition) is 2. The van der Waals surface area contributed by atoms with Crippen molar-refractivity contribution in [1.82, 2.24) is 5.32 Å². The molecule has 4 nitrogen and oxygen atoms in total. The van der Waals surface area contributed by atoms with Crippen LogP contribution in [0.5, 0.6) is 0 Å². The first-order valence-corrected chi connectivity index (χ1v) is 6.57. The van der Waals surface area contributed by atoms with E-state index in [2.05, 4.69) is 5.32 Å². The Morgan fingerprint density at radius 3 is 2.22 bits per heavy atom. The van der Waals surface area contributed by atoms with Gasteiger partial charge in [0.05, 0.1) is 15.8 Å². The van der Waals surface area contributed by atoms with Gasteiger partial charge in [-0.2, -0.15) is 0 Å². The normalized spacial score (nSPS) is 12.3. The van der Waals surface area contributed by atoms with E-state index >= 15 is 0 Å². The molecule has 2 N–H and O–H groups in total. The number of rotatable bonds is 4. The van der Waals surface area contributed by atoms with E-state index in [-0.39, 0.29) is 5.91 Å². The van der Waals surface area contributed by atoms with Crippen molar-refractivity contribution in [3.8, 4) is 0 Å². The molecule has 0 radical (unpaired) electrons. The monoisotopic (exact) mass is 269 g/mol. The fourth-order valence-corrected chi connectivity index (χ4v) is 2.19. The average molecular weight is 269 g/mol. The van der Waals surface area contributed by atoms with Crippen molar-refractivity contribution in [2.75, 3.05) is 0 Å². The van der Waals surface area contributed by atoms with Crippen LogP contribution in [0.2, 0.25) is 0 Å². The van der Waals surface area contributed by atoms with Crippen LogP contribution < -0.4 is 5.32 Å². The Morgan fingerprint density at radius 2 is 1.83 bits per heavy atom. The molecule has 100 valence electrons. The summed E-state index contributed by atoms with van der Waals surface area (Å²) in [6.45, 7) is 8.53. The molecule has 0 spiro atoms. The third-order valence-electron chi connectivity index (χ3n) is 3.59. The first kappa shape index (κ1) is 14.7. The van der Waals surface area contributed by atoms with Crippen LogP contribution in [0.4, 0.5) is 0 Å². The standard InChI is InChI=1S/C13H19NO3S/c1-8-6-7-18-9(8)10(15)14-13(4,5)12(2,3)11(16)17/h6-7H,1-5H3,(H,14,15)(H,16,17). The van der Waals surface area contributed by atoms with Crippen LogP contribution in [-0.4, -0.2) is 22.5 Å². The van der Waals surface area contributed by atoms with E-state index in [9.17, 15) is 14.7 Å². The number of carbonyl (C=O) groups is 2. The fourth-order valence-electron chi connectivity index (χ4n) is 1.37. The zero-order valence-corrected chi connectivity index (χ0v) is 12.1. The number of thiophene rings is 1. The van der Waals surface area contributed by atoms with Gasteiger partial charge >= 0.3 is 5.97 Å². The molecule has 5 heteroatoms. The summed E-state index contributed by atoms with van der Waals surface area (Å²) in [5, 5.41) is 13.9. The predicted octanol–water partition coefficient (Wildman–Crippen LogP) is 2.68. The van der Waals surface area contributed by atoms with Gasteiger partial charge in [0, 0.05) is 0 Å². The van der Waals surface area contributed by atoms with E-state index in [1.165, 1.54) is 11.3 Å². The first-order valence-electron chi connectivity index (χ1n) is 5.69. The van der Waals surface area contributed by atoms with E-state index < -0.39 is 16.9 Å². The largest absolute Gasteiger partial charge is 0.481 e. The first-order chi connectivity index (χ1) is 8.09. The lowest BCUT2D eigenvalue weighted by atomic mass is 9.74. The fraction of sp³-hybridized carbons (Fsp3) is 0.538. The molecule has 1 aromatic rings. The molecule has 1 amide bonds. The molecule has 1 aromatic heterocycles. The molecule has 0 aliphatic carbocycles. The van der Waals surface area contributed by atoms with Crippen molar-refractivity contribution < 1.29 is 14.7 Å². The van der Waals surface area contributed by atoms with Gasteiger partial charge in [-0.15, -0.1) is 11.3 Å². The number of carboxylic acid groups (broad SMARTS) is 1. The molecule has 0 aliphatic heterocycles. The number of amides is 1. The smallest absolute Gasteiger partial charge is 0.311 e. The molecule has 18 heavy (non-hydrogen) atoms. The van der Waals surface area contributed by atoms with E-state index in [4.69, 9.17) is 0 Å². The van der Waals surface area contributed by atoms with E-state index in [1.54, 1.807) is 27.7 Å². The quantitative estimate of drug-likeness (QED) is 0.883. The highest BCUT2D eigenvalue weighted by molar-refractivity contribution is 7.12. The van der Waals surface area contributed by atoms with Crippen molar-refractivity contribution in [3.05, 3.63) is 21.9 Å². The Hall–Kier alpha value is -1.36. The van der Waals surface area contributed by atoms with Gasteiger partial charge in [0.15, 0.2) is 0 Å². The Morgan fingerprint density at radius 1 is 1.28 bits per heavy atom. The van der Waals surface area contributed by atoms with Crippen LogP contribution in [-0.2, 0) is 4.79 Å². The van der Waals surface area contributed by atoms with Crippen molar-refractivity contribution in [2.45, 2.75) is 40.2 Å². The molecule has 1 heterocycles. The van der Waals surface area contributed by atoms with Gasteiger partial charge in [0.2, 0.25) is 0 Å². The van der Waals surface area contributed by atoms with Gasteiger partial charge in [0.25, 0.3) is 5.91 Å². The molecule has 0 atom stereocenters. The van der Waals surface area contributed by atoms with Gasteiger partial charge in [-0.3, -0.25) is 9.59 Å². The second-order valence-corrected chi connectivity index (χ2v) is 6.36. The highest BCUT2D eigenvalue weighted by Gasteiger charge is 2.44. The molecule has 0 saturated carbocycles. The minimum atomic E-state index is -1.05. The van der Waals surface area contributed by atoms with Gasteiger partial charge < -0.3 is 10.4 Å². The Kier molecular flexibility index (Phi) is 3.86. The summed E-state index contributed by atoms with van der Waals surface area (Å²) in [6, 6.07) is 1.87. The van der Waals surface area contributed by atoms with Gasteiger partial charge in [-0.05, 0) is 51.6 Å². The van der Waals surface area contributed by atoms with Crippen molar-refractivity contribution in [2.24, 2.45) is 5.41 Å². The molecule has 0 bridgehead atoms. The Bertz CT molecular complexity index is 474. The number of carbonyl (C=O) groups excluding carboxylic acids is 1. The van der Waals surface area contributed by atoms with Crippen molar-refractivity contribution in [3.63, 3.8) is 0 Å². The van der Waals surface area contributed by atoms with Gasteiger partial charge in [-0.1, -0.05) is 0 Å². The minimum absolute atomic E-state index is 0.221. The molecule has 0 fully saturated rings. The number of hydrogen-bond acceptors (Lipinski definition) is 3. The SMILES string of the molecule is Cc1ccsc1C(=O)NC(C)(C)C(C)(C)C(=O)O. The van der Waals surface area contributed by atoms with E-state index in [1.807, 2.05) is 18.4 Å². The summed E-state index contributed by atoms with van der Waals surface area (Å²) in [5.74, 6) is -1.16. The molecule has 0 unspecified atom stereocenters. The number of aryl methyl sites for hydroxylation is 1. The van der Waals surface area contributed by atoms with Gasteiger partial charge in [-0.25, -0.2) is 0 Å². The summed E-state index contributed by atoms with van der Waals surface area (Å²) in [4.78, 5) is 24.0. The maximum atomic E-state index is 12.1. The van der Waals surface area contributed by atoms with Crippen LogP contribution in [0.3, 0.4) is 0 Å². The van der Waals surface area contributed by atoms with Crippen LogP contribution in [0.1, 0.15) is 42.9 Å². The third kappa shape index (κ3) is 2.56. The number of aliphatic carboxylic acids is 1. The van der Waals surface area contributed by atoms with E-state index in [0.717, 1.165) is 5.56 Å². The molecule has 0 aromatic carbocycles. The van der Waals surface area contributed by atoms with Crippen LogP contribution >= 0.6 is 11.3 Å². The lowest BCUT2D eigenvalue weighted by Gasteiger charge is -2.38. The lowest BCUT2D eigenvalue weighted by Crippen LogP contribution is -2.56. The van der Waals surface area contributed by atoms with Crippen LogP contribution in [0, 0.1) is 12.3 Å². The average Bonchev–Trinajstić information content (AvgIpc) is 2.63. The Labute approximate surface area is 111 Å². The zero-order chi connectivity index (χ0) is 14.1. The summed E-state index contributed by atoms with van der Waals surface area (Å²) in [6.07, 6.45) is 0. The summed E-state index contributed by atoms with van der Waals surface area (Å²) < 4.78 is 0. The maximum Gasteiger partial charge on any atom is 0.311 e. The van der Waals surface area contributed by atoms with Gasteiger partial charge in [0.1, 0.15) is 0 Å². The molecule has 1 rings (SSSR count). The molecule has 0 aliphatic rings. The zero-order valence-electron chi connectivity index (χ0n) is 11.3. The summed E-state index contributed by atoms with van der Waals surface area (Å²) >= 11 is 1.36. The number of carboxylic acids is 1. The minimum Gasteiger partial charge on any atom is -0.481 e. The third-order valence-corrected chi connectivity index (χ3v) is 4.61. The molecule has 0 saturated heterocycles. The summed E-state index contributed by atoms with van der Waals surface area (Å²) in [5.41, 5.74) is -0.985. The second-order valence-electron chi connectivity index (χ2n) is 5.44. The molecular weight excluding hydrogens is 250 g/mol. The Balaban J connectivity index is 2.94. The van der Waals surface area contributed by atoms with Crippen molar-refractivity contribution >= 4 is 23.2 Å². The molecular formula is C13H19NO3S.